The van der Waals surface area contributed by atoms with Gasteiger partial charge in [-0.15, -0.1) is 0 Å². The van der Waals surface area contributed by atoms with E-state index >= 15 is 0 Å². The van der Waals surface area contributed by atoms with E-state index in [4.69, 9.17) is 0 Å². The second-order valence-electron chi connectivity index (χ2n) is 5.35. The Morgan fingerprint density at radius 3 is 2.59 bits per heavy atom. The Bertz CT molecular complexity index is 382. The van der Waals surface area contributed by atoms with E-state index in [0.717, 1.165) is 24.3 Å². The van der Waals surface area contributed by atoms with Crippen molar-refractivity contribution in [2.24, 2.45) is 5.92 Å². The number of benzene rings is 1. The number of hydrogen-bond acceptors (Lipinski definition) is 1. The lowest BCUT2D eigenvalue weighted by Gasteiger charge is -2.12. The first-order valence-corrected chi connectivity index (χ1v) is 6.48. The summed E-state index contributed by atoms with van der Waals surface area (Å²) in [6.45, 7) is 4.32. The molecule has 1 aromatic carbocycles. The number of hydrogen-bond donors (Lipinski definition) is 1. The van der Waals surface area contributed by atoms with Crippen molar-refractivity contribution in [1.82, 2.24) is 5.32 Å². The molecule has 1 saturated carbocycles. The summed E-state index contributed by atoms with van der Waals surface area (Å²) in [4.78, 5) is 11.8. The Morgan fingerprint density at radius 1 is 1.29 bits per heavy atom. The van der Waals surface area contributed by atoms with E-state index in [1.807, 2.05) is 12.1 Å². The molecule has 1 amide bonds. The van der Waals surface area contributed by atoms with Gasteiger partial charge in [0, 0.05) is 6.04 Å². The lowest BCUT2D eigenvalue weighted by molar-refractivity contribution is -0.121. The number of carbonyl (C=O) groups excluding carboxylic acids is 1. The molecule has 1 N–H and O–H groups in total. The van der Waals surface area contributed by atoms with Gasteiger partial charge in [-0.05, 0) is 37.7 Å². The van der Waals surface area contributed by atoms with Crippen LogP contribution < -0.4 is 5.32 Å². The lowest BCUT2D eigenvalue weighted by Crippen LogP contribution is -2.34. The van der Waals surface area contributed by atoms with Crippen LogP contribution in [-0.2, 0) is 11.2 Å². The Labute approximate surface area is 103 Å². The van der Waals surface area contributed by atoms with Gasteiger partial charge in [0.15, 0.2) is 0 Å². The summed E-state index contributed by atoms with van der Waals surface area (Å²) in [5, 5.41) is 3.13. The quantitative estimate of drug-likeness (QED) is 0.851. The van der Waals surface area contributed by atoms with E-state index in [1.165, 1.54) is 12.0 Å². The fourth-order valence-electron chi connectivity index (χ4n) is 2.51. The van der Waals surface area contributed by atoms with Crippen LogP contribution in [0.3, 0.4) is 0 Å². The number of rotatable bonds is 3. The molecule has 1 aliphatic carbocycles. The van der Waals surface area contributed by atoms with Crippen LogP contribution in [0.2, 0.25) is 0 Å². The molecular weight excluding hydrogens is 210 g/mol. The normalized spacial score (nSPS) is 23.6. The SMILES string of the molecule is Cc1ccc(CC(=O)NC2CCC(C)C2)cc1. The molecule has 2 atom stereocenters. The summed E-state index contributed by atoms with van der Waals surface area (Å²) < 4.78 is 0. The molecule has 0 aromatic heterocycles. The fraction of sp³-hybridized carbons (Fsp3) is 0.533. The Balaban J connectivity index is 1.83. The second-order valence-corrected chi connectivity index (χ2v) is 5.35. The van der Waals surface area contributed by atoms with Crippen LogP contribution in [-0.4, -0.2) is 11.9 Å². The molecule has 0 saturated heterocycles. The first kappa shape index (κ1) is 12.2. The van der Waals surface area contributed by atoms with Crippen molar-refractivity contribution in [2.75, 3.05) is 0 Å². The first-order chi connectivity index (χ1) is 8.13. The number of nitrogens with one attached hydrogen (secondary N) is 1. The fourth-order valence-corrected chi connectivity index (χ4v) is 2.51. The molecule has 92 valence electrons. The molecular formula is C15H21NO. The average molecular weight is 231 g/mol. The number of aryl methyl sites for hydroxylation is 1. The lowest BCUT2D eigenvalue weighted by atomic mass is 10.1. The first-order valence-electron chi connectivity index (χ1n) is 6.48. The molecule has 0 heterocycles. The van der Waals surface area contributed by atoms with Gasteiger partial charge < -0.3 is 5.32 Å². The summed E-state index contributed by atoms with van der Waals surface area (Å²) in [5.74, 6) is 0.924. The van der Waals surface area contributed by atoms with Crippen molar-refractivity contribution in [3.05, 3.63) is 35.4 Å². The monoisotopic (exact) mass is 231 g/mol. The van der Waals surface area contributed by atoms with Gasteiger partial charge in [-0.3, -0.25) is 4.79 Å². The van der Waals surface area contributed by atoms with Gasteiger partial charge in [0.2, 0.25) is 5.91 Å². The summed E-state index contributed by atoms with van der Waals surface area (Å²) in [6, 6.07) is 8.58. The van der Waals surface area contributed by atoms with E-state index in [2.05, 4.69) is 31.3 Å². The summed E-state index contributed by atoms with van der Waals surface area (Å²) in [7, 11) is 0. The van der Waals surface area contributed by atoms with Crippen LogP contribution in [0, 0.1) is 12.8 Å². The van der Waals surface area contributed by atoms with Gasteiger partial charge >= 0.3 is 0 Å². The van der Waals surface area contributed by atoms with E-state index < -0.39 is 0 Å². The summed E-state index contributed by atoms with van der Waals surface area (Å²) >= 11 is 0. The Hall–Kier alpha value is -1.31. The highest BCUT2D eigenvalue weighted by Crippen LogP contribution is 2.24. The zero-order chi connectivity index (χ0) is 12.3. The largest absolute Gasteiger partial charge is 0.353 e. The van der Waals surface area contributed by atoms with E-state index in [1.54, 1.807) is 0 Å². The molecule has 17 heavy (non-hydrogen) atoms. The van der Waals surface area contributed by atoms with E-state index in [-0.39, 0.29) is 5.91 Å². The zero-order valence-corrected chi connectivity index (χ0v) is 10.7. The molecule has 2 rings (SSSR count). The Morgan fingerprint density at radius 2 is 2.00 bits per heavy atom. The minimum absolute atomic E-state index is 0.160. The minimum atomic E-state index is 0.160. The molecule has 2 heteroatoms. The summed E-state index contributed by atoms with van der Waals surface area (Å²) in [6.07, 6.45) is 4.03. The van der Waals surface area contributed by atoms with Gasteiger partial charge in [-0.25, -0.2) is 0 Å². The molecule has 2 unspecified atom stereocenters. The molecule has 0 bridgehead atoms. The van der Waals surface area contributed by atoms with Crippen LogP contribution >= 0.6 is 0 Å². The zero-order valence-electron chi connectivity index (χ0n) is 10.7. The van der Waals surface area contributed by atoms with Gasteiger partial charge in [-0.1, -0.05) is 36.8 Å². The molecule has 1 aromatic rings. The van der Waals surface area contributed by atoms with Gasteiger partial charge in [0.25, 0.3) is 0 Å². The predicted molar refractivity (Wildman–Crippen MR) is 69.8 cm³/mol. The van der Waals surface area contributed by atoms with Crippen molar-refractivity contribution in [3.63, 3.8) is 0 Å². The van der Waals surface area contributed by atoms with Gasteiger partial charge in [0.05, 0.1) is 6.42 Å². The van der Waals surface area contributed by atoms with Crippen molar-refractivity contribution in [3.8, 4) is 0 Å². The predicted octanol–water partition coefficient (Wildman–Crippen LogP) is 2.84. The van der Waals surface area contributed by atoms with E-state index in [9.17, 15) is 4.79 Å². The maximum absolute atomic E-state index is 11.8. The molecule has 2 nitrogen and oxygen atoms in total. The van der Waals surface area contributed by atoms with E-state index in [0.29, 0.717) is 12.5 Å². The van der Waals surface area contributed by atoms with Crippen LogP contribution in [0.1, 0.15) is 37.3 Å². The highest BCUT2D eigenvalue weighted by Gasteiger charge is 2.22. The molecule has 0 aliphatic heterocycles. The summed E-state index contributed by atoms with van der Waals surface area (Å²) in [5.41, 5.74) is 2.33. The second kappa shape index (κ2) is 5.35. The molecule has 0 spiro atoms. The van der Waals surface area contributed by atoms with Crippen LogP contribution in [0.4, 0.5) is 0 Å². The van der Waals surface area contributed by atoms with Crippen molar-refractivity contribution in [2.45, 2.75) is 45.6 Å². The van der Waals surface area contributed by atoms with Crippen molar-refractivity contribution >= 4 is 5.91 Å². The smallest absolute Gasteiger partial charge is 0.224 e. The minimum Gasteiger partial charge on any atom is -0.353 e. The standard InChI is InChI=1S/C15H21NO/c1-11-3-6-13(7-4-11)10-15(17)16-14-8-5-12(2)9-14/h3-4,6-7,12,14H,5,8-10H2,1-2H3,(H,16,17). The van der Waals surface area contributed by atoms with Crippen LogP contribution in [0.25, 0.3) is 0 Å². The number of carbonyl (C=O) groups is 1. The van der Waals surface area contributed by atoms with Gasteiger partial charge in [-0.2, -0.15) is 0 Å². The van der Waals surface area contributed by atoms with Crippen LogP contribution in [0.15, 0.2) is 24.3 Å². The van der Waals surface area contributed by atoms with Gasteiger partial charge in [0.1, 0.15) is 0 Å². The third-order valence-corrected chi connectivity index (χ3v) is 3.55. The highest BCUT2D eigenvalue weighted by molar-refractivity contribution is 5.78. The maximum Gasteiger partial charge on any atom is 0.224 e. The third kappa shape index (κ3) is 3.58. The maximum atomic E-state index is 11.8. The topological polar surface area (TPSA) is 29.1 Å². The van der Waals surface area contributed by atoms with Crippen molar-refractivity contribution in [1.29, 1.82) is 0 Å². The molecule has 0 radical (unpaired) electrons. The molecule has 1 fully saturated rings. The Kier molecular flexibility index (Phi) is 3.82. The van der Waals surface area contributed by atoms with Crippen molar-refractivity contribution < 1.29 is 4.79 Å². The van der Waals surface area contributed by atoms with Crippen LogP contribution in [0.5, 0.6) is 0 Å². The third-order valence-electron chi connectivity index (χ3n) is 3.55. The average Bonchev–Trinajstić information content (AvgIpc) is 2.67. The highest BCUT2D eigenvalue weighted by atomic mass is 16.1. The number of amides is 1. The molecule has 1 aliphatic rings.